The van der Waals surface area contributed by atoms with E-state index in [1.54, 1.807) is 12.4 Å². The molecular weight excluding hydrogens is 218 g/mol. The van der Waals surface area contributed by atoms with Gasteiger partial charge in [0.15, 0.2) is 0 Å². The minimum Gasteiger partial charge on any atom is -0.382 e. The zero-order valence-electron chi connectivity index (χ0n) is 9.43. The number of unbranched alkanes of at least 4 members (excludes halogenated alkanes) is 1. The van der Waals surface area contributed by atoms with Crippen molar-refractivity contribution in [3.05, 3.63) is 24.2 Å². The van der Waals surface area contributed by atoms with Gasteiger partial charge in [-0.05, 0) is 19.3 Å². The molecule has 2 aromatic heterocycles. The number of hydrogen-bond donors (Lipinski definition) is 3. The molecule has 0 aliphatic heterocycles. The molecule has 2 aromatic rings. The molecule has 0 unspecified atom stereocenters. The van der Waals surface area contributed by atoms with Gasteiger partial charge in [-0.15, -0.1) is 5.11 Å². The molecule has 0 aliphatic rings. The molecule has 17 heavy (non-hydrogen) atoms. The van der Waals surface area contributed by atoms with Crippen molar-refractivity contribution in [3.8, 4) is 0 Å². The molecule has 0 aromatic carbocycles. The number of nitrogens with zero attached hydrogens (tertiary/aromatic N) is 4. The quantitative estimate of drug-likeness (QED) is 0.523. The van der Waals surface area contributed by atoms with Gasteiger partial charge in [-0.3, -0.25) is 5.10 Å². The van der Waals surface area contributed by atoms with Gasteiger partial charge in [0.1, 0.15) is 5.82 Å². The van der Waals surface area contributed by atoms with E-state index in [9.17, 15) is 0 Å². The number of aryl methyl sites for hydroxylation is 1. The van der Waals surface area contributed by atoms with Gasteiger partial charge in [0.05, 0.1) is 6.54 Å². The van der Waals surface area contributed by atoms with Gasteiger partial charge in [0.2, 0.25) is 5.95 Å². The van der Waals surface area contributed by atoms with Crippen LogP contribution in [0.2, 0.25) is 0 Å². The Bertz CT molecular complexity index is 457. The van der Waals surface area contributed by atoms with Crippen molar-refractivity contribution >= 4 is 11.8 Å². The number of aromatic nitrogens is 4. The zero-order chi connectivity index (χ0) is 11.9. The Morgan fingerprint density at radius 3 is 3.00 bits per heavy atom. The Morgan fingerprint density at radius 1 is 1.35 bits per heavy atom. The summed E-state index contributed by atoms with van der Waals surface area (Å²) in [6.45, 7) is 0.699. The number of nitrogens with one attached hydrogen (secondary N) is 2. The van der Waals surface area contributed by atoms with Gasteiger partial charge in [0.25, 0.3) is 0 Å². The molecule has 0 fully saturated rings. The van der Waals surface area contributed by atoms with E-state index in [1.807, 2.05) is 6.07 Å². The lowest BCUT2D eigenvalue weighted by molar-refractivity contribution is 0.714. The maximum atomic E-state index is 5.50. The maximum Gasteiger partial charge on any atom is 0.246 e. The fourth-order valence-corrected chi connectivity index (χ4v) is 1.43. The smallest absolute Gasteiger partial charge is 0.246 e. The lowest BCUT2D eigenvalue weighted by Gasteiger charge is -1.94. The summed E-state index contributed by atoms with van der Waals surface area (Å²) in [5, 5.41) is 14.7. The molecular formula is C10H15N7. The van der Waals surface area contributed by atoms with Crippen molar-refractivity contribution in [3.63, 3.8) is 0 Å². The molecule has 0 atom stereocenters. The Morgan fingerprint density at radius 2 is 2.29 bits per heavy atom. The number of nitrogen functional groups attached to an aromatic ring is 1. The number of aromatic amines is 2. The van der Waals surface area contributed by atoms with Crippen LogP contribution in [0.5, 0.6) is 0 Å². The number of imidazole rings is 1. The normalized spacial score (nSPS) is 11.3. The van der Waals surface area contributed by atoms with Gasteiger partial charge < -0.3 is 10.7 Å². The molecule has 7 nitrogen and oxygen atoms in total. The van der Waals surface area contributed by atoms with Crippen LogP contribution >= 0.6 is 0 Å². The summed E-state index contributed by atoms with van der Waals surface area (Å²) in [5.74, 6) is 1.09. The lowest BCUT2D eigenvalue weighted by Crippen LogP contribution is -1.87. The zero-order valence-corrected chi connectivity index (χ0v) is 9.43. The van der Waals surface area contributed by atoms with E-state index in [0.29, 0.717) is 18.3 Å². The van der Waals surface area contributed by atoms with E-state index in [2.05, 4.69) is 30.4 Å². The van der Waals surface area contributed by atoms with E-state index in [4.69, 9.17) is 5.73 Å². The molecule has 0 aliphatic carbocycles. The van der Waals surface area contributed by atoms with Gasteiger partial charge in [-0.1, -0.05) is 0 Å². The molecule has 2 rings (SSSR count). The molecule has 90 valence electrons. The highest BCUT2D eigenvalue weighted by Crippen LogP contribution is 2.06. The van der Waals surface area contributed by atoms with Gasteiger partial charge >= 0.3 is 0 Å². The van der Waals surface area contributed by atoms with Crippen molar-refractivity contribution < 1.29 is 0 Å². The first-order valence-corrected chi connectivity index (χ1v) is 5.51. The Labute approximate surface area is 98.6 Å². The molecule has 0 saturated heterocycles. The second kappa shape index (κ2) is 5.78. The fourth-order valence-electron chi connectivity index (χ4n) is 1.43. The van der Waals surface area contributed by atoms with Crippen LogP contribution in [0.3, 0.4) is 0 Å². The third-order valence-electron chi connectivity index (χ3n) is 2.25. The summed E-state index contributed by atoms with van der Waals surface area (Å²) in [6.07, 6.45) is 6.30. The Hall–Kier alpha value is -2.18. The Balaban J connectivity index is 1.60. The highest BCUT2D eigenvalue weighted by Gasteiger charge is 1.97. The van der Waals surface area contributed by atoms with Crippen molar-refractivity contribution in [2.24, 2.45) is 10.2 Å². The van der Waals surface area contributed by atoms with E-state index in [1.165, 1.54) is 0 Å². The highest BCUT2D eigenvalue weighted by molar-refractivity contribution is 5.28. The van der Waals surface area contributed by atoms with Gasteiger partial charge in [-0.2, -0.15) is 10.2 Å². The number of rotatable bonds is 6. The first kappa shape index (κ1) is 11.3. The number of azo groups is 1. The molecule has 0 bridgehead atoms. The molecule has 0 spiro atoms. The van der Waals surface area contributed by atoms with Crippen LogP contribution in [-0.2, 0) is 6.42 Å². The largest absolute Gasteiger partial charge is 0.382 e. The molecule has 0 saturated carbocycles. The summed E-state index contributed by atoms with van der Waals surface area (Å²) in [5.41, 5.74) is 6.56. The fraction of sp³-hybridized carbons (Fsp3) is 0.400. The van der Waals surface area contributed by atoms with Gasteiger partial charge in [-0.25, -0.2) is 4.98 Å². The van der Waals surface area contributed by atoms with Crippen LogP contribution in [-0.4, -0.2) is 26.7 Å². The number of H-pyrrole nitrogens is 2. The third-order valence-corrected chi connectivity index (χ3v) is 2.25. The number of nitrogens with two attached hydrogens (primary N) is 1. The second-order valence-electron chi connectivity index (χ2n) is 3.65. The van der Waals surface area contributed by atoms with Crippen molar-refractivity contribution in [1.29, 1.82) is 0 Å². The predicted octanol–water partition coefficient (Wildman–Crippen LogP) is 1.82. The average molecular weight is 233 g/mol. The summed E-state index contributed by atoms with van der Waals surface area (Å²) in [7, 11) is 0. The van der Waals surface area contributed by atoms with E-state index in [-0.39, 0.29) is 0 Å². The molecule has 4 N–H and O–H groups in total. The number of hydrogen-bond acceptors (Lipinski definition) is 5. The minimum atomic E-state index is 0.539. The summed E-state index contributed by atoms with van der Waals surface area (Å²) in [4.78, 5) is 6.80. The predicted molar refractivity (Wildman–Crippen MR) is 63.9 cm³/mol. The third kappa shape index (κ3) is 3.71. The minimum absolute atomic E-state index is 0.539. The maximum absolute atomic E-state index is 5.50. The van der Waals surface area contributed by atoms with Gasteiger partial charge in [0, 0.05) is 24.2 Å². The molecule has 0 amide bonds. The first-order valence-electron chi connectivity index (χ1n) is 5.51. The SMILES string of the molecule is Nc1cc(CCCCN=Nc2ncc[nH]2)[nH]n1. The first-order chi connectivity index (χ1) is 8.34. The molecule has 2 heterocycles. The highest BCUT2D eigenvalue weighted by atomic mass is 15.2. The molecule has 0 radical (unpaired) electrons. The van der Waals surface area contributed by atoms with E-state index < -0.39 is 0 Å². The van der Waals surface area contributed by atoms with Crippen LogP contribution in [0.4, 0.5) is 11.8 Å². The van der Waals surface area contributed by atoms with Crippen LogP contribution in [0.15, 0.2) is 28.7 Å². The standard InChI is InChI=1S/C10H15N7/c11-9-7-8(15-16-9)3-1-2-4-14-17-10-12-5-6-13-10/h5-7H,1-4H2,(H,12,13)(H3,11,15,16). The van der Waals surface area contributed by atoms with E-state index in [0.717, 1.165) is 25.0 Å². The number of anilines is 1. The topological polar surface area (TPSA) is 108 Å². The Kier molecular flexibility index (Phi) is 3.85. The lowest BCUT2D eigenvalue weighted by atomic mass is 10.2. The summed E-state index contributed by atoms with van der Waals surface area (Å²) < 4.78 is 0. The monoisotopic (exact) mass is 233 g/mol. The molecule has 7 heteroatoms. The average Bonchev–Trinajstić information content (AvgIpc) is 2.95. The van der Waals surface area contributed by atoms with Crippen molar-refractivity contribution in [1.82, 2.24) is 20.2 Å². The summed E-state index contributed by atoms with van der Waals surface area (Å²) >= 11 is 0. The van der Waals surface area contributed by atoms with Crippen LogP contribution < -0.4 is 5.73 Å². The van der Waals surface area contributed by atoms with Crippen LogP contribution in [0.1, 0.15) is 18.5 Å². The second-order valence-corrected chi connectivity index (χ2v) is 3.65. The van der Waals surface area contributed by atoms with Crippen LogP contribution in [0.25, 0.3) is 0 Å². The summed E-state index contributed by atoms with van der Waals surface area (Å²) in [6, 6.07) is 1.85. The van der Waals surface area contributed by atoms with Crippen molar-refractivity contribution in [2.45, 2.75) is 19.3 Å². The van der Waals surface area contributed by atoms with E-state index >= 15 is 0 Å². The van der Waals surface area contributed by atoms with Crippen molar-refractivity contribution in [2.75, 3.05) is 12.3 Å². The van der Waals surface area contributed by atoms with Crippen LogP contribution in [0, 0.1) is 0 Å².